The molecule has 9 nitrogen and oxygen atoms in total. The van der Waals surface area contributed by atoms with Crippen LogP contribution in [0.3, 0.4) is 0 Å². The number of halogens is 4. The molecule has 1 amide bonds. The Balaban J connectivity index is 2.00. The second-order valence-corrected chi connectivity index (χ2v) is 8.14. The summed E-state index contributed by atoms with van der Waals surface area (Å²) in [5, 5.41) is 7.26. The van der Waals surface area contributed by atoms with Gasteiger partial charge < -0.3 is 25.4 Å². The van der Waals surface area contributed by atoms with Gasteiger partial charge in [0, 0.05) is 45.1 Å². The van der Waals surface area contributed by atoms with E-state index in [1.54, 1.807) is 25.4 Å². The van der Waals surface area contributed by atoms with Crippen LogP contribution in [-0.4, -0.2) is 55.1 Å². The molecule has 0 radical (unpaired) electrons. The van der Waals surface area contributed by atoms with Crippen molar-refractivity contribution in [1.29, 1.82) is 0 Å². The summed E-state index contributed by atoms with van der Waals surface area (Å²) in [6.45, 7) is 0.476. The number of hydrogen-bond donors (Lipinski definition) is 2. The van der Waals surface area contributed by atoms with Crippen LogP contribution in [0, 0.1) is 0 Å². The lowest BCUT2D eigenvalue weighted by atomic mass is 10.1. The molecule has 1 heterocycles. The first-order chi connectivity index (χ1) is 16.9. The molecule has 0 unspecified atom stereocenters. The third-order valence-corrected chi connectivity index (χ3v) is 5.08. The van der Waals surface area contributed by atoms with E-state index in [2.05, 4.69) is 15.2 Å². The highest BCUT2D eigenvalue weighted by Crippen LogP contribution is 2.37. The fourth-order valence-corrected chi connectivity index (χ4v) is 3.52. The summed E-state index contributed by atoms with van der Waals surface area (Å²) < 4.78 is 50.4. The number of carbonyl (C=O) groups is 2. The van der Waals surface area contributed by atoms with Crippen LogP contribution in [0.15, 0.2) is 42.6 Å². The van der Waals surface area contributed by atoms with Crippen molar-refractivity contribution >= 4 is 34.9 Å². The van der Waals surface area contributed by atoms with Crippen molar-refractivity contribution in [3.63, 3.8) is 0 Å². The fraction of sp³-hybridized carbons (Fsp3) is 0.261. The van der Waals surface area contributed by atoms with E-state index < -0.39 is 23.8 Å². The van der Waals surface area contributed by atoms with Crippen LogP contribution in [0.4, 0.5) is 24.5 Å². The maximum absolute atomic E-state index is 13.1. The van der Waals surface area contributed by atoms with E-state index in [0.29, 0.717) is 22.0 Å². The van der Waals surface area contributed by atoms with Gasteiger partial charge in [-0.25, -0.2) is 4.79 Å². The average Bonchev–Trinajstić information content (AvgIpc) is 3.14. The number of alkyl halides is 3. The van der Waals surface area contributed by atoms with Gasteiger partial charge >= 0.3 is 12.1 Å². The Labute approximate surface area is 209 Å². The number of carbonyl (C=O) groups excluding carboxylic acids is 2. The lowest BCUT2D eigenvalue weighted by Gasteiger charge is -2.20. The van der Waals surface area contributed by atoms with Gasteiger partial charge in [-0.15, -0.1) is 0 Å². The van der Waals surface area contributed by atoms with Gasteiger partial charge in [-0.3, -0.25) is 9.48 Å². The molecule has 0 aliphatic rings. The highest BCUT2D eigenvalue weighted by Gasteiger charge is 2.42. The normalized spacial score (nSPS) is 11.2. The second kappa shape index (κ2) is 10.9. The van der Waals surface area contributed by atoms with E-state index in [4.69, 9.17) is 22.1 Å². The lowest BCUT2D eigenvalue weighted by Crippen LogP contribution is -2.29. The van der Waals surface area contributed by atoms with Crippen LogP contribution in [0.1, 0.15) is 10.4 Å². The molecule has 0 saturated heterocycles. The highest BCUT2D eigenvalue weighted by molar-refractivity contribution is 6.33. The van der Waals surface area contributed by atoms with Crippen molar-refractivity contribution in [1.82, 2.24) is 9.78 Å². The summed E-state index contributed by atoms with van der Waals surface area (Å²) in [5.74, 6) is -3.37. The maximum Gasteiger partial charge on any atom is 0.491 e. The number of ether oxygens (including phenoxy) is 2. The summed E-state index contributed by atoms with van der Waals surface area (Å²) in [5.41, 5.74) is 6.46. The first kappa shape index (κ1) is 26.8. The van der Waals surface area contributed by atoms with Gasteiger partial charge in [-0.05, 0) is 30.3 Å². The lowest BCUT2D eigenvalue weighted by molar-refractivity contribution is -0.189. The van der Waals surface area contributed by atoms with Gasteiger partial charge in [0.05, 0.1) is 16.3 Å². The average molecular weight is 526 g/mol. The van der Waals surface area contributed by atoms with Gasteiger partial charge in [-0.2, -0.15) is 18.3 Å². The number of benzene rings is 2. The van der Waals surface area contributed by atoms with Crippen LogP contribution < -0.4 is 25.4 Å². The molecule has 13 heteroatoms. The number of rotatable bonds is 8. The van der Waals surface area contributed by atoms with E-state index in [9.17, 15) is 22.8 Å². The topological polar surface area (TPSA) is 112 Å². The number of para-hydroxylation sites is 1. The van der Waals surface area contributed by atoms with Crippen LogP contribution in [0.5, 0.6) is 11.5 Å². The quantitative estimate of drug-likeness (QED) is 0.339. The predicted octanol–water partition coefficient (Wildman–Crippen LogP) is 3.86. The Bertz CT molecular complexity index is 1280. The SMILES string of the molecule is CN(C)c1cccc(C(=O)Nc2ccc(OCCN)c(-c3nn(C)cc3Cl)c2)c1OC(=O)C(F)(F)F. The van der Waals surface area contributed by atoms with Gasteiger partial charge in [-0.1, -0.05) is 17.7 Å². The van der Waals surface area contributed by atoms with Crippen molar-refractivity contribution in [2.45, 2.75) is 6.18 Å². The van der Waals surface area contributed by atoms with Crippen LogP contribution >= 0.6 is 11.6 Å². The third-order valence-electron chi connectivity index (χ3n) is 4.80. The molecule has 2 aromatic carbocycles. The molecule has 36 heavy (non-hydrogen) atoms. The van der Waals surface area contributed by atoms with Crippen molar-refractivity contribution in [3.8, 4) is 22.8 Å². The molecule has 3 rings (SSSR count). The summed E-state index contributed by atoms with van der Waals surface area (Å²) in [4.78, 5) is 26.1. The number of aryl methyl sites for hydroxylation is 1. The Morgan fingerprint density at radius 3 is 2.53 bits per heavy atom. The Morgan fingerprint density at radius 1 is 1.22 bits per heavy atom. The molecule has 3 aromatic rings. The maximum atomic E-state index is 13.1. The Morgan fingerprint density at radius 2 is 1.94 bits per heavy atom. The third kappa shape index (κ3) is 6.07. The van der Waals surface area contributed by atoms with Crippen LogP contribution in [0.2, 0.25) is 5.02 Å². The van der Waals surface area contributed by atoms with Crippen molar-refractivity contribution < 1.29 is 32.2 Å². The predicted molar refractivity (Wildman–Crippen MR) is 129 cm³/mol. The zero-order valence-electron chi connectivity index (χ0n) is 19.5. The minimum atomic E-state index is -5.25. The molecule has 0 bridgehead atoms. The molecule has 0 aliphatic heterocycles. The second-order valence-electron chi connectivity index (χ2n) is 7.74. The number of nitrogens with zero attached hydrogens (tertiary/aromatic N) is 3. The Hall–Kier alpha value is -3.77. The zero-order valence-corrected chi connectivity index (χ0v) is 20.3. The van der Waals surface area contributed by atoms with E-state index in [-0.39, 0.29) is 30.1 Å². The van der Waals surface area contributed by atoms with E-state index in [1.165, 1.54) is 47.9 Å². The molecule has 0 atom stereocenters. The van der Waals surface area contributed by atoms with Crippen molar-refractivity contribution in [3.05, 3.63) is 53.2 Å². The standard InChI is InChI=1S/C23H23ClF3N5O4/c1-31(2)17-6-4-5-14(20(17)36-22(34)23(25,26)27)21(33)29-13-7-8-18(35-10-9-28)15(11-13)19-16(24)12-32(3)30-19/h4-8,11-12H,9-10,28H2,1-3H3,(H,29,33). The van der Waals surface area contributed by atoms with Crippen LogP contribution in [-0.2, 0) is 11.8 Å². The van der Waals surface area contributed by atoms with Gasteiger partial charge in [0.25, 0.3) is 5.91 Å². The summed E-state index contributed by atoms with van der Waals surface area (Å²) in [6.07, 6.45) is -3.66. The molecule has 0 saturated carbocycles. The number of esters is 1. The molecule has 0 aliphatic carbocycles. The molecular weight excluding hydrogens is 503 g/mol. The minimum absolute atomic E-state index is 0.103. The summed E-state index contributed by atoms with van der Waals surface area (Å²) >= 11 is 6.30. The van der Waals surface area contributed by atoms with Crippen molar-refractivity contribution in [2.75, 3.05) is 37.5 Å². The molecule has 192 valence electrons. The number of aromatic nitrogens is 2. The first-order valence-corrected chi connectivity index (χ1v) is 10.9. The summed E-state index contributed by atoms with van der Waals surface area (Å²) in [7, 11) is 4.75. The smallest absolute Gasteiger partial charge is 0.491 e. The van der Waals surface area contributed by atoms with Gasteiger partial charge in [0.2, 0.25) is 0 Å². The van der Waals surface area contributed by atoms with Crippen LogP contribution in [0.25, 0.3) is 11.3 Å². The molecule has 1 aromatic heterocycles. The fourth-order valence-electron chi connectivity index (χ4n) is 3.24. The minimum Gasteiger partial charge on any atom is -0.492 e. The van der Waals surface area contributed by atoms with E-state index in [1.807, 2.05) is 0 Å². The van der Waals surface area contributed by atoms with Crippen molar-refractivity contribution in [2.24, 2.45) is 12.8 Å². The largest absolute Gasteiger partial charge is 0.492 e. The number of anilines is 2. The number of nitrogens with two attached hydrogens (primary N) is 1. The Kier molecular flexibility index (Phi) is 8.10. The number of amides is 1. The molecule has 0 fully saturated rings. The molecule has 0 spiro atoms. The summed E-state index contributed by atoms with van der Waals surface area (Å²) in [6, 6.07) is 8.78. The van der Waals surface area contributed by atoms with Gasteiger partial charge in [0.15, 0.2) is 5.75 Å². The van der Waals surface area contributed by atoms with Gasteiger partial charge in [0.1, 0.15) is 18.1 Å². The highest BCUT2D eigenvalue weighted by atomic mass is 35.5. The monoisotopic (exact) mass is 525 g/mol. The van der Waals surface area contributed by atoms with E-state index in [0.717, 1.165) is 0 Å². The number of nitrogens with one attached hydrogen (secondary N) is 1. The molecule has 3 N–H and O–H groups in total. The molecular formula is C23H23ClF3N5O4. The first-order valence-electron chi connectivity index (χ1n) is 10.5. The number of hydrogen-bond acceptors (Lipinski definition) is 7. The van der Waals surface area contributed by atoms with E-state index >= 15 is 0 Å². The zero-order chi connectivity index (χ0) is 26.6.